The van der Waals surface area contributed by atoms with Gasteiger partial charge in [-0.1, -0.05) is 20.8 Å². The van der Waals surface area contributed by atoms with Gasteiger partial charge in [-0.3, -0.25) is 0 Å². The molecule has 0 bridgehead atoms. The molecule has 0 spiro atoms. The highest BCUT2D eigenvalue weighted by molar-refractivity contribution is 5.78. The smallest absolute Gasteiger partial charge is 0.337 e. The Hall–Kier alpha value is -0.570. The first-order valence-corrected chi connectivity index (χ1v) is 4.58. The third-order valence-corrected chi connectivity index (χ3v) is 1.59. The molecule has 0 saturated heterocycles. The van der Waals surface area contributed by atoms with Gasteiger partial charge in [0, 0.05) is 0 Å². The molecule has 1 N–H and O–H groups in total. The molecule has 0 rings (SSSR count). The number of aliphatic hydroxyl groups is 1. The molecule has 0 radical (unpaired) electrons. The minimum absolute atomic E-state index is 0.0870. The van der Waals surface area contributed by atoms with Crippen LogP contribution < -0.4 is 0 Å². The molecule has 0 heterocycles. The monoisotopic (exact) mass is 188 g/mol. The Labute approximate surface area is 80.1 Å². The first-order valence-electron chi connectivity index (χ1n) is 4.58. The van der Waals surface area contributed by atoms with E-state index in [4.69, 9.17) is 4.74 Å². The highest BCUT2D eigenvalue weighted by atomic mass is 16.5. The lowest BCUT2D eigenvalue weighted by atomic mass is 9.83. The molecule has 3 nitrogen and oxygen atoms in total. The molecule has 0 aliphatic rings. The van der Waals surface area contributed by atoms with E-state index in [2.05, 4.69) is 0 Å². The predicted molar refractivity (Wildman–Crippen MR) is 51.3 cm³/mol. The highest BCUT2D eigenvalue weighted by Crippen LogP contribution is 2.27. The lowest BCUT2D eigenvalue weighted by Crippen LogP contribution is -2.40. The largest absolute Gasteiger partial charge is 0.464 e. The molecule has 0 fully saturated rings. The van der Waals surface area contributed by atoms with Crippen LogP contribution in [0.3, 0.4) is 0 Å². The molecule has 0 amide bonds. The van der Waals surface area contributed by atoms with Gasteiger partial charge in [0.2, 0.25) is 0 Å². The minimum Gasteiger partial charge on any atom is -0.464 e. The Balaban J connectivity index is 4.30. The average molecular weight is 188 g/mol. The summed E-state index contributed by atoms with van der Waals surface area (Å²) >= 11 is 0. The van der Waals surface area contributed by atoms with E-state index < -0.39 is 11.6 Å². The van der Waals surface area contributed by atoms with Crippen LogP contribution in [0.15, 0.2) is 0 Å². The molecule has 0 aliphatic carbocycles. The van der Waals surface area contributed by atoms with Gasteiger partial charge in [-0.05, 0) is 25.7 Å². The summed E-state index contributed by atoms with van der Waals surface area (Å²) in [5.41, 5.74) is -1.45. The van der Waals surface area contributed by atoms with E-state index in [9.17, 15) is 9.90 Å². The van der Waals surface area contributed by atoms with Crippen molar-refractivity contribution in [2.75, 3.05) is 6.61 Å². The molecular weight excluding hydrogens is 168 g/mol. The molecule has 13 heavy (non-hydrogen) atoms. The van der Waals surface area contributed by atoms with Crippen LogP contribution >= 0.6 is 0 Å². The predicted octanol–water partition coefficient (Wildman–Crippen LogP) is 1.74. The van der Waals surface area contributed by atoms with Crippen molar-refractivity contribution < 1.29 is 14.6 Å². The van der Waals surface area contributed by atoms with Gasteiger partial charge in [0.15, 0.2) is 5.60 Å². The highest BCUT2D eigenvalue weighted by Gasteiger charge is 2.35. The quantitative estimate of drug-likeness (QED) is 0.686. The fourth-order valence-electron chi connectivity index (χ4n) is 1.39. The maximum atomic E-state index is 11.3. The zero-order chi connectivity index (χ0) is 10.7. The van der Waals surface area contributed by atoms with E-state index >= 15 is 0 Å². The van der Waals surface area contributed by atoms with Crippen molar-refractivity contribution in [3.8, 4) is 0 Å². The number of ether oxygens (including phenoxy) is 1. The Morgan fingerprint density at radius 3 is 2.08 bits per heavy atom. The van der Waals surface area contributed by atoms with Crippen molar-refractivity contribution in [1.82, 2.24) is 0 Å². The molecule has 3 heteroatoms. The Morgan fingerprint density at radius 2 is 1.77 bits per heavy atom. The van der Waals surface area contributed by atoms with Crippen molar-refractivity contribution in [2.45, 2.75) is 46.6 Å². The Bertz CT molecular complexity index is 177. The first-order chi connectivity index (χ1) is 5.69. The zero-order valence-corrected chi connectivity index (χ0v) is 9.18. The van der Waals surface area contributed by atoms with Gasteiger partial charge in [-0.15, -0.1) is 0 Å². The molecule has 0 aromatic rings. The van der Waals surface area contributed by atoms with E-state index in [1.165, 1.54) is 6.92 Å². The summed E-state index contributed by atoms with van der Waals surface area (Å²) in [5.74, 6) is -0.537. The van der Waals surface area contributed by atoms with Crippen molar-refractivity contribution in [1.29, 1.82) is 0 Å². The molecule has 78 valence electrons. The van der Waals surface area contributed by atoms with Crippen LogP contribution in [0.5, 0.6) is 0 Å². The van der Waals surface area contributed by atoms with Gasteiger partial charge in [0.1, 0.15) is 0 Å². The summed E-state index contributed by atoms with van der Waals surface area (Å²) in [6.45, 7) is 9.45. The second-order valence-corrected chi connectivity index (χ2v) is 4.73. The Kier molecular flexibility index (Phi) is 3.91. The zero-order valence-electron chi connectivity index (χ0n) is 9.18. The fraction of sp³-hybridized carbons (Fsp3) is 0.900. The molecule has 1 atom stereocenters. The third-order valence-electron chi connectivity index (χ3n) is 1.59. The molecular formula is C10H20O3. The van der Waals surface area contributed by atoms with E-state index in [1.54, 1.807) is 6.92 Å². The maximum Gasteiger partial charge on any atom is 0.337 e. The number of hydrogen-bond donors (Lipinski definition) is 1. The van der Waals surface area contributed by atoms with E-state index in [-0.39, 0.29) is 5.41 Å². The fourth-order valence-corrected chi connectivity index (χ4v) is 1.39. The summed E-state index contributed by atoms with van der Waals surface area (Å²) in [7, 11) is 0. The van der Waals surface area contributed by atoms with Gasteiger partial charge >= 0.3 is 5.97 Å². The van der Waals surface area contributed by atoms with Gasteiger partial charge in [-0.2, -0.15) is 0 Å². The van der Waals surface area contributed by atoms with Gasteiger partial charge in [-0.25, -0.2) is 4.79 Å². The standard InChI is InChI=1S/C10H20O3/c1-6-13-8(11)10(5,12)7-9(2,3)4/h12H,6-7H2,1-5H3. The second kappa shape index (κ2) is 4.09. The number of esters is 1. The van der Waals surface area contributed by atoms with Crippen molar-refractivity contribution in [3.05, 3.63) is 0 Å². The van der Waals surface area contributed by atoms with Crippen molar-refractivity contribution >= 4 is 5.97 Å². The maximum absolute atomic E-state index is 11.3. The van der Waals surface area contributed by atoms with Crippen LogP contribution in [0.4, 0.5) is 0 Å². The van der Waals surface area contributed by atoms with Crippen LogP contribution in [0.25, 0.3) is 0 Å². The van der Waals surface area contributed by atoms with Gasteiger partial charge in [0.25, 0.3) is 0 Å². The molecule has 0 aliphatic heterocycles. The normalized spacial score (nSPS) is 16.5. The lowest BCUT2D eigenvalue weighted by molar-refractivity contribution is -0.166. The van der Waals surface area contributed by atoms with Crippen molar-refractivity contribution in [3.63, 3.8) is 0 Å². The number of carbonyl (C=O) groups excluding carboxylic acids is 1. The average Bonchev–Trinajstić information content (AvgIpc) is 1.82. The van der Waals surface area contributed by atoms with Crippen LogP contribution in [0.1, 0.15) is 41.0 Å². The third kappa shape index (κ3) is 4.88. The molecule has 0 aromatic heterocycles. The topological polar surface area (TPSA) is 46.5 Å². The van der Waals surface area contributed by atoms with E-state index in [0.29, 0.717) is 13.0 Å². The number of hydrogen-bond acceptors (Lipinski definition) is 3. The van der Waals surface area contributed by atoms with Gasteiger partial charge in [0.05, 0.1) is 6.61 Å². The summed E-state index contributed by atoms with van der Waals surface area (Å²) < 4.78 is 4.76. The molecule has 1 unspecified atom stereocenters. The summed E-state index contributed by atoms with van der Waals surface area (Å²) in [6.07, 6.45) is 0.402. The van der Waals surface area contributed by atoms with E-state index in [0.717, 1.165) is 0 Å². The minimum atomic E-state index is -1.37. The van der Waals surface area contributed by atoms with E-state index in [1.807, 2.05) is 20.8 Å². The number of rotatable bonds is 3. The molecule has 0 saturated carbocycles. The lowest BCUT2D eigenvalue weighted by Gasteiger charge is -2.28. The van der Waals surface area contributed by atoms with Crippen LogP contribution in [0.2, 0.25) is 0 Å². The summed E-state index contributed by atoms with van der Waals surface area (Å²) in [5, 5.41) is 9.78. The van der Waals surface area contributed by atoms with Gasteiger partial charge < -0.3 is 9.84 Å². The molecule has 0 aromatic carbocycles. The summed E-state index contributed by atoms with van der Waals surface area (Å²) in [4.78, 5) is 11.3. The number of carbonyl (C=O) groups is 1. The van der Waals surface area contributed by atoms with Crippen molar-refractivity contribution in [2.24, 2.45) is 5.41 Å². The van der Waals surface area contributed by atoms with Crippen LogP contribution in [-0.2, 0) is 9.53 Å². The Morgan fingerprint density at radius 1 is 1.31 bits per heavy atom. The summed E-state index contributed by atoms with van der Waals surface area (Å²) in [6, 6.07) is 0. The SMILES string of the molecule is CCOC(=O)C(C)(O)CC(C)(C)C. The van der Waals surface area contributed by atoms with Crippen LogP contribution in [0, 0.1) is 5.41 Å². The second-order valence-electron chi connectivity index (χ2n) is 4.73. The van der Waals surface area contributed by atoms with Crippen LogP contribution in [-0.4, -0.2) is 23.3 Å². The first kappa shape index (κ1) is 12.4.